The van der Waals surface area contributed by atoms with Gasteiger partial charge in [-0.05, 0) is 37.5 Å². The van der Waals surface area contributed by atoms with Gasteiger partial charge in [-0.15, -0.1) is 11.6 Å². The molecule has 2 fully saturated rings. The van der Waals surface area contributed by atoms with Gasteiger partial charge < -0.3 is 4.90 Å². The van der Waals surface area contributed by atoms with Gasteiger partial charge in [-0.2, -0.15) is 0 Å². The molecule has 2 rings (SSSR count). The zero-order chi connectivity index (χ0) is 11.5. The van der Waals surface area contributed by atoms with Crippen molar-refractivity contribution in [2.24, 2.45) is 17.8 Å². The van der Waals surface area contributed by atoms with Crippen LogP contribution in [0.3, 0.4) is 0 Å². The van der Waals surface area contributed by atoms with Gasteiger partial charge in [-0.1, -0.05) is 13.3 Å². The zero-order valence-electron chi connectivity index (χ0n) is 10.1. The number of hydrogen-bond donors (Lipinski definition) is 0. The highest BCUT2D eigenvalue weighted by atomic mass is 35.5. The molecule has 0 aromatic heterocycles. The molecule has 2 atom stereocenters. The highest BCUT2D eigenvalue weighted by Gasteiger charge is 2.48. The predicted octanol–water partition coefficient (Wildman–Crippen LogP) is 2.90. The van der Waals surface area contributed by atoms with Gasteiger partial charge in [0.2, 0.25) is 5.91 Å². The summed E-state index contributed by atoms with van der Waals surface area (Å²) in [5, 5.41) is 0. The number of fused-ring (bicyclic) bond motifs is 1. The summed E-state index contributed by atoms with van der Waals surface area (Å²) in [4.78, 5) is 14.3. The number of nitrogens with zero attached hydrogens (tertiary/aromatic N) is 1. The van der Waals surface area contributed by atoms with E-state index in [-0.39, 0.29) is 0 Å². The molecule has 0 aromatic carbocycles. The van der Waals surface area contributed by atoms with E-state index in [0.717, 1.165) is 50.6 Å². The Morgan fingerprint density at radius 3 is 2.50 bits per heavy atom. The molecule has 0 aromatic rings. The molecule has 0 aliphatic heterocycles. The summed E-state index contributed by atoms with van der Waals surface area (Å²) >= 11 is 5.77. The van der Waals surface area contributed by atoms with Crippen molar-refractivity contribution in [3.05, 3.63) is 0 Å². The molecule has 0 bridgehead atoms. The number of halogens is 1. The Bertz CT molecular complexity index is 246. The third-order valence-electron chi connectivity index (χ3n) is 4.04. The number of alkyl halides is 1. The SMILES string of the molecule is CCCCN(CCCl)C(=O)C1CC2CC2C1. The van der Waals surface area contributed by atoms with Gasteiger partial charge in [0.1, 0.15) is 0 Å². The Balaban J connectivity index is 1.83. The van der Waals surface area contributed by atoms with E-state index < -0.39 is 0 Å². The van der Waals surface area contributed by atoms with Crippen LogP contribution in [-0.4, -0.2) is 29.8 Å². The van der Waals surface area contributed by atoms with Gasteiger partial charge in [0.15, 0.2) is 0 Å². The molecular formula is C13H22ClNO. The summed E-state index contributed by atoms with van der Waals surface area (Å²) in [6.07, 6.45) is 5.92. The fraction of sp³-hybridized carbons (Fsp3) is 0.923. The van der Waals surface area contributed by atoms with Crippen LogP contribution in [0.4, 0.5) is 0 Å². The standard InChI is InChI=1S/C13H22ClNO/c1-2-3-5-15(6-4-14)13(16)12-8-10-7-11(10)9-12/h10-12H,2-9H2,1H3. The zero-order valence-corrected chi connectivity index (χ0v) is 10.9. The van der Waals surface area contributed by atoms with E-state index in [1.54, 1.807) is 0 Å². The van der Waals surface area contributed by atoms with E-state index >= 15 is 0 Å². The molecule has 1 amide bonds. The summed E-state index contributed by atoms with van der Waals surface area (Å²) in [6.45, 7) is 3.79. The van der Waals surface area contributed by atoms with Crippen molar-refractivity contribution in [3.8, 4) is 0 Å². The van der Waals surface area contributed by atoms with Crippen molar-refractivity contribution >= 4 is 17.5 Å². The second-order valence-electron chi connectivity index (χ2n) is 5.29. The summed E-state index contributed by atoms with van der Waals surface area (Å²) in [5.41, 5.74) is 0. The minimum atomic E-state index is 0.323. The van der Waals surface area contributed by atoms with Gasteiger partial charge >= 0.3 is 0 Å². The molecule has 2 nitrogen and oxygen atoms in total. The molecule has 0 heterocycles. The summed E-state index contributed by atoms with van der Waals surface area (Å²) < 4.78 is 0. The number of amides is 1. The van der Waals surface area contributed by atoms with Crippen LogP contribution < -0.4 is 0 Å². The summed E-state index contributed by atoms with van der Waals surface area (Å²) in [6, 6.07) is 0. The number of carbonyl (C=O) groups is 1. The van der Waals surface area contributed by atoms with Crippen LogP contribution in [0, 0.1) is 17.8 Å². The van der Waals surface area contributed by atoms with Gasteiger partial charge in [-0.3, -0.25) is 4.79 Å². The topological polar surface area (TPSA) is 20.3 Å². The van der Waals surface area contributed by atoms with Crippen LogP contribution in [0.5, 0.6) is 0 Å². The van der Waals surface area contributed by atoms with E-state index in [9.17, 15) is 4.79 Å². The molecule has 0 saturated heterocycles. The summed E-state index contributed by atoms with van der Waals surface area (Å²) in [5.74, 6) is 3.04. The third-order valence-corrected chi connectivity index (χ3v) is 4.21. The Labute approximate surface area is 103 Å². The maximum absolute atomic E-state index is 12.3. The molecule has 92 valence electrons. The average Bonchev–Trinajstić information content (AvgIpc) is 2.90. The highest BCUT2D eigenvalue weighted by Crippen LogP contribution is 2.54. The summed E-state index contributed by atoms with van der Waals surface area (Å²) in [7, 11) is 0. The lowest BCUT2D eigenvalue weighted by Crippen LogP contribution is -2.37. The van der Waals surface area contributed by atoms with Crippen molar-refractivity contribution in [1.82, 2.24) is 4.90 Å². The molecule has 0 N–H and O–H groups in total. The lowest BCUT2D eigenvalue weighted by atomic mass is 10.0. The van der Waals surface area contributed by atoms with Gasteiger partial charge in [0.25, 0.3) is 0 Å². The minimum Gasteiger partial charge on any atom is -0.341 e. The second kappa shape index (κ2) is 5.39. The first-order chi connectivity index (χ1) is 7.76. The molecule has 0 radical (unpaired) electrons. The van der Waals surface area contributed by atoms with Gasteiger partial charge in [0, 0.05) is 24.9 Å². The van der Waals surface area contributed by atoms with E-state index in [0.29, 0.717) is 17.7 Å². The maximum Gasteiger partial charge on any atom is 0.225 e. The van der Waals surface area contributed by atoms with E-state index in [2.05, 4.69) is 6.92 Å². The van der Waals surface area contributed by atoms with E-state index in [1.165, 1.54) is 6.42 Å². The van der Waals surface area contributed by atoms with Crippen LogP contribution in [0.1, 0.15) is 39.0 Å². The fourth-order valence-corrected chi connectivity index (χ4v) is 3.16. The largest absolute Gasteiger partial charge is 0.341 e. The lowest BCUT2D eigenvalue weighted by Gasteiger charge is -2.25. The van der Waals surface area contributed by atoms with Crippen LogP contribution >= 0.6 is 11.6 Å². The highest BCUT2D eigenvalue weighted by molar-refractivity contribution is 6.18. The first-order valence-electron chi connectivity index (χ1n) is 6.61. The Kier molecular flexibility index (Phi) is 4.12. The minimum absolute atomic E-state index is 0.323. The average molecular weight is 244 g/mol. The number of rotatable bonds is 6. The third kappa shape index (κ3) is 2.71. The number of hydrogen-bond acceptors (Lipinski definition) is 1. The smallest absolute Gasteiger partial charge is 0.225 e. The van der Waals surface area contributed by atoms with Gasteiger partial charge in [-0.25, -0.2) is 0 Å². The Hall–Kier alpha value is -0.240. The molecule has 2 aliphatic carbocycles. The van der Waals surface area contributed by atoms with Crippen LogP contribution in [0.2, 0.25) is 0 Å². The van der Waals surface area contributed by atoms with Gasteiger partial charge in [0.05, 0.1) is 0 Å². The monoisotopic (exact) mass is 243 g/mol. The van der Waals surface area contributed by atoms with Crippen molar-refractivity contribution in [2.75, 3.05) is 19.0 Å². The molecular weight excluding hydrogens is 222 g/mol. The fourth-order valence-electron chi connectivity index (χ4n) is 2.96. The maximum atomic E-state index is 12.3. The Morgan fingerprint density at radius 1 is 1.25 bits per heavy atom. The normalized spacial score (nSPS) is 31.2. The first kappa shape index (κ1) is 12.2. The van der Waals surface area contributed by atoms with Crippen molar-refractivity contribution in [3.63, 3.8) is 0 Å². The molecule has 2 unspecified atom stereocenters. The van der Waals surface area contributed by atoms with E-state index in [1.807, 2.05) is 4.90 Å². The van der Waals surface area contributed by atoms with Crippen molar-refractivity contribution < 1.29 is 4.79 Å². The molecule has 0 spiro atoms. The molecule has 2 saturated carbocycles. The van der Waals surface area contributed by atoms with Crippen molar-refractivity contribution in [1.29, 1.82) is 0 Å². The molecule has 2 aliphatic rings. The number of carbonyl (C=O) groups excluding carboxylic acids is 1. The van der Waals surface area contributed by atoms with Crippen LogP contribution in [-0.2, 0) is 4.79 Å². The first-order valence-corrected chi connectivity index (χ1v) is 7.14. The predicted molar refractivity (Wildman–Crippen MR) is 66.5 cm³/mol. The van der Waals surface area contributed by atoms with Crippen LogP contribution in [0.15, 0.2) is 0 Å². The number of unbranched alkanes of at least 4 members (excludes halogenated alkanes) is 1. The van der Waals surface area contributed by atoms with Crippen molar-refractivity contribution in [2.45, 2.75) is 39.0 Å². The van der Waals surface area contributed by atoms with E-state index in [4.69, 9.17) is 11.6 Å². The Morgan fingerprint density at radius 2 is 1.94 bits per heavy atom. The quantitative estimate of drug-likeness (QED) is 0.657. The second-order valence-corrected chi connectivity index (χ2v) is 5.67. The molecule has 16 heavy (non-hydrogen) atoms. The molecule has 3 heteroatoms. The van der Waals surface area contributed by atoms with Crippen LogP contribution in [0.25, 0.3) is 0 Å². The lowest BCUT2D eigenvalue weighted by molar-refractivity contribution is -0.135.